The maximum absolute atomic E-state index is 14.5. The zero-order chi connectivity index (χ0) is 21.3. The van der Waals surface area contributed by atoms with Crippen molar-refractivity contribution in [1.29, 1.82) is 0 Å². The molecule has 4 rings (SSSR count). The van der Waals surface area contributed by atoms with Crippen molar-refractivity contribution in [1.82, 2.24) is 9.97 Å². The molecule has 2 aromatic carbocycles. The number of nitrogens with zero attached hydrogens (tertiary/aromatic N) is 2. The van der Waals surface area contributed by atoms with E-state index in [-0.39, 0.29) is 28.1 Å². The Morgan fingerprint density at radius 1 is 0.700 bits per heavy atom. The third-order valence-electron chi connectivity index (χ3n) is 4.43. The maximum Gasteiger partial charge on any atom is 0.214 e. The number of hydrogen-bond acceptors (Lipinski definition) is 3. The van der Waals surface area contributed by atoms with E-state index in [4.69, 9.17) is 0 Å². The van der Waals surface area contributed by atoms with Gasteiger partial charge in [0.1, 0.15) is 29.0 Å². The van der Waals surface area contributed by atoms with Crippen molar-refractivity contribution in [2.45, 2.75) is 0 Å². The molecule has 2 heterocycles. The van der Waals surface area contributed by atoms with Crippen LogP contribution in [0.3, 0.4) is 0 Å². The van der Waals surface area contributed by atoms with E-state index in [0.717, 1.165) is 18.2 Å². The summed E-state index contributed by atoms with van der Waals surface area (Å²) in [5.41, 5.74) is -0.160. The van der Waals surface area contributed by atoms with Crippen molar-refractivity contribution in [3.05, 3.63) is 107 Å². The van der Waals surface area contributed by atoms with Crippen LogP contribution < -0.4 is 0 Å². The summed E-state index contributed by atoms with van der Waals surface area (Å²) in [6.45, 7) is 0. The molecule has 0 aliphatic heterocycles. The Bertz CT molecular complexity index is 1260. The lowest BCUT2D eigenvalue weighted by molar-refractivity contribution is 0.103. The average Bonchev–Trinajstić information content (AvgIpc) is 2.74. The Morgan fingerprint density at radius 3 is 2.13 bits per heavy atom. The van der Waals surface area contributed by atoms with Crippen molar-refractivity contribution >= 4 is 5.78 Å². The molecule has 0 radical (unpaired) electrons. The standard InChI is InChI=1S/C23H12F4N2O/c24-13-7-8-14(17(25)10-13)23(30)22-6-3-5-21(29-22)16-11-15(18(26)12-19(16)27)20-4-1-2-9-28-20/h1-12H. The Kier molecular flexibility index (Phi) is 5.10. The van der Waals surface area contributed by atoms with E-state index in [1.54, 1.807) is 18.2 Å². The fraction of sp³-hybridized carbons (Fsp3) is 0. The number of pyridine rings is 2. The normalized spacial score (nSPS) is 10.8. The van der Waals surface area contributed by atoms with E-state index in [1.165, 1.54) is 30.5 Å². The van der Waals surface area contributed by atoms with Gasteiger partial charge in [-0.2, -0.15) is 0 Å². The molecule has 3 nitrogen and oxygen atoms in total. The lowest BCUT2D eigenvalue weighted by Gasteiger charge is -2.09. The number of halogens is 4. The van der Waals surface area contributed by atoms with E-state index in [9.17, 15) is 22.4 Å². The molecule has 0 fully saturated rings. The van der Waals surface area contributed by atoms with Crippen LogP contribution in [0.25, 0.3) is 22.5 Å². The van der Waals surface area contributed by atoms with Crippen LogP contribution in [-0.4, -0.2) is 15.8 Å². The first-order chi connectivity index (χ1) is 14.4. The van der Waals surface area contributed by atoms with Crippen molar-refractivity contribution in [2.75, 3.05) is 0 Å². The summed E-state index contributed by atoms with van der Waals surface area (Å²) in [6.07, 6.45) is 1.48. The molecule has 7 heteroatoms. The monoisotopic (exact) mass is 408 g/mol. The van der Waals surface area contributed by atoms with Crippen molar-refractivity contribution in [3.63, 3.8) is 0 Å². The second-order valence-electron chi connectivity index (χ2n) is 6.39. The van der Waals surface area contributed by atoms with Gasteiger partial charge in [-0.1, -0.05) is 12.1 Å². The summed E-state index contributed by atoms with van der Waals surface area (Å²) in [5, 5.41) is 0. The third kappa shape index (κ3) is 3.69. The topological polar surface area (TPSA) is 42.9 Å². The van der Waals surface area contributed by atoms with Crippen LogP contribution in [-0.2, 0) is 0 Å². The van der Waals surface area contributed by atoms with E-state index in [0.29, 0.717) is 11.8 Å². The number of hydrogen-bond donors (Lipinski definition) is 0. The highest BCUT2D eigenvalue weighted by Gasteiger charge is 2.19. The largest absolute Gasteiger partial charge is 0.287 e. The van der Waals surface area contributed by atoms with Gasteiger partial charge in [-0.3, -0.25) is 9.78 Å². The summed E-state index contributed by atoms with van der Waals surface area (Å²) >= 11 is 0. The van der Waals surface area contributed by atoms with Crippen molar-refractivity contribution < 1.29 is 22.4 Å². The Balaban J connectivity index is 1.78. The van der Waals surface area contributed by atoms with Gasteiger partial charge in [0.15, 0.2) is 0 Å². The van der Waals surface area contributed by atoms with E-state index in [2.05, 4.69) is 9.97 Å². The molecule has 148 valence electrons. The molecule has 0 unspecified atom stereocenters. The maximum atomic E-state index is 14.5. The molecule has 0 amide bonds. The van der Waals surface area contributed by atoms with Crippen LogP contribution in [0.4, 0.5) is 17.6 Å². The Labute approximate surface area is 168 Å². The second-order valence-corrected chi connectivity index (χ2v) is 6.39. The number of aromatic nitrogens is 2. The van der Waals surface area contributed by atoms with Gasteiger partial charge in [0.2, 0.25) is 5.78 Å². The summed E-state index contributed by atoms with van der Waals surface area (Å²) in [6, 6.07) is 13.7. The summed E-state index contributed by atoms with van der Waals surface area (Å²) in [5.74, 6) is -4.31. The quantitative estimate of drug-likeness (QED) is 0.326. The van der Waals surface area contributed by atoms with E-state index >= 15 is 0 Å². The molecule has 2 aromatic heterocycles. The van der Waals surface area contributed by atoms with Gasteiger partial charge in [-0.05, 0) is 42.5 Å². The van der Waals surface area contributed by atoms with Crippen LogP contribution in [0, 0.1) is 23.3 Å². The SMILES string of the molecule is O=C(c1cccc(-c2cc(-c3ccccn3)c(F)cc2F)n1)c1ccc(F)cc1F. The Hall–Kier alpha value is -3.87. The highest BCUT2D eigenvalue weighted by Crippen LogP contribution is 2.30. The molecule has 0 saturated heterocycles. The molecule has 0 aliphatic rings. The van der Waals surface area contributed by atoms with Crippen molar-refractivity contribution in [3.8, 4) is 22.5 Å². The number of carbonyl (C=O) groups is 1. The predicted molar refractivity (Wildman–Crippen MR) is 103 cm³/mol. The Morgan fingerprint density at radius 2 is 1.43 bits per heavy atom. The summed E-state index contributed by atoms with van der Waals surface area (Å²) in [4.78, 5) is 20.8. The first-order valence-electron chi connectivity index (χ1n) is 8.81. The molecule has 0 spiro atoms. The van der Waals surface area contributed by atoms with Crippen LogP contribution in [0.2, 0.25) is 0 Å². The van der Waals surface area contributed by atoms with Gasteiger partial charge in [-0.15, -0.1) is 0 Å². The van der Waals surface area contributed by atoms with Crippen LogP contribution in [0.5, 0.6) is 0 Å². The highest BCUT2D eigenvalue weighted by atomic mass is 19.1. The van der Waals surface area contributed by atoms with Gasteiger partial charge in [0.25, 0.3) is 0 Å². The fourth-order valence-corrected chi connectivity index (χ4v) is 2.99. The number of carbonyl (C=O) groups excluding carboxylic acids is 1. The van der Waals surface area contributed by atoms with Crippen molar-refractivity contribution in [2.24, 2.45) is 0 Å². The molecular formula is C23H12F4N2O. The van der Waals surface area contributed by atoms with Crippen LogP contribution in [0.15, 0.2) is 72.9 Å². The number of ketones is 1. The molecule has 4 aromatic rings. The fourth-order valence-electron chi connectivity index (χ4n) is 2.99. The number of benzene rings is 2. The van der Waals surface area contributed by atoms with Gasteiger partial charge < -0.3 is 0 Å². The minimum atomic E-state index is -1.03. The third-order valence-corrected chi connectivity index (χ3v) is 4.43. The smallest absolute Gasteiger partial charge is 0.214 e. The summed E-state index contributed by atoms with van der Waals surface area (Å²) in [7, 11) is 0. The lowest BCUT2D eigenvalue weighted by Crippen LogP contribution is -2.07. The first-order valence-corrected chi connectivity index (χ1v) is 8.81. The van der Waals surface area contributed by atoms with E-state index in [1.807, 2.05) is 0 Å². The predicted octanol–water partition coefficient (Wildman–Crippen LogP) is 5.60. The molecule has 0 bridgehead atoms. The molecule has 0 atom stereocenters. The van der Waals surface area contributed by atoms with Gasteiger partial charge in [-0.25, -0.2) is 22.5 Å². The van der Waals surface area contributed by atoms with Crippen LogP contribution >= 0.6 is 0 Å². The average molecular weight is 408 g/mol. The number of rotatable bonds is 4. The minimum Gasteiger partial charge on any atom is -0.287 e. The highest BCUT2D eigenvalue weighted by molar-refractivity contribution is 6.08. The molecule has 0 saturated carbocycles. The zero-order valence-corrected chi connectivity index (χ0v) is 15.2. The van der Waals surface area contributed by atoms with Gasteiger partial charge >= 0.3 is 0 Å². The molecular weight excluding hydrogens is 396 g/mol. The van der Waals surface area contributed by atoms with Gasteiger partial charge in [0.05, 0.1) is 17.0 Å². The molecule has 0 aliphatic carbocycles. The first kappa shape index (κ1) is 19.4. The van der Waals surface area contributed by atoms with Gasteiger partial charge in [0, 0.05) is 29.5 Å². The second kappa shape index (κ2) is 7.87. The van der Waals surface area contributed by atoms with Crippen LogP contribution in [0.1, 0.15) is 16.1 Å². The van der Waals surface area contributed by atoms with E-state index < -0.39 is 29.1 Å². The molecule has 0 N–H and O–H groups in total. The summed E-state index contributed by atoms with van der Waals surface area (Å²) < 4.78 is 55.9. The molecule has 30 heavy (non-hydrogen) atoms. The minimum absolute atomic E-state index is 0.0497. The lowest BCUT2D eigenvalue weighted by atomic mass is 10.0. The zero-order valence-electron chi connectivity index (χ0n) is 15.2.